The van der Waals surface area contributed by atoms with Crippen molar-refractivity contribution < 1.29 is 9.59 Å². The maximum atomic E-state index is 12.6. The van der Waals surface area contributed by atoms with Gasteiger partial charge in [-0.1, -0.05) is 25.5 Å². The maximum absolute atomic E-state index is 12.6. The van der Waals surface area contributed by atoms with Crippen LogP contribution in [-0.4, -0.2) is 36.3 Å². The van der Waals surface area contributed by atoms with Crippen molar-refractivity contribution in [2.45, 2.75) is 33.6 Å². The summed E-state index contributed by atoms with van der Waals surface area (Å²) in [5.41, 5.74) is 1.63. The van der Waals surface area contributed by atoms with Gasteiger partial charge in [0.25, 0.3) is 5.91 Å². The quantitative estimate of drug-likeness (QED) is 0.817. The van der Waals surface area contributed by atoms with Gasteiger partial charge < -0.3 is 10.2 Å². The summed E-state index contributed by atoms with van der Waals surface area (Å²) in [7, 11) is 0. The van der Waals surface area contributed by atoms with E-state index >= 15 is 0 Å². The zero-order chi connectivity index (χ0) is 15.8. The van der Waals surface area contributed by atoms with Gasteiger partial charge in [-0.05, 0) is 47.8 Å². The van der Waals surface area contributed by atoms with Gasteiger partial charge in [-0.3, -0.25) is 9.59 Å². The Labute approximate surface area is 135 Å². The predicted octanol–water partition coefficient (Wildman–Crippen LogP) is 3.14. The predicted molar refractivity (Wildman–Crippen MR) is 88.4 cm³/mol. The molecule has 1 N–H and O–H groups in total. The zero-order valence-electron chi connectivity index (χ0n) is 12.9. The molecular formula is C16H23BrN2O2. The normalized spacial score (nSPS) is 10.3. The molecule has 0 radical (unpaired) electrons. The summed E-state index contributed by atoms with van der Waals surface area (Å²) >= 11 is 3.41. The number of benzene rings is 1. The van der Waals surface area contributed by atoms with Crippen molar-refractivity contribution in [2.75, 3.05) is 19.6 Å². The smallest absolute Gasteiger partial charge is 0.255 e. The highest BCUT2D eigenvalue weighted by atomic mass is 79.9. The lowest BCUT2D eigenvalue weighted by molar-refractivity contribution is -0.121. The molecule has 0 bridgehead atoms. The molecule has 0 saturated carbocycles. The van der Waals surface area contributed by atoms with Crippen molar-refractivity contribution in [1.82, 2.24) is 10.2 Å². The van der Waals surface area contributed by atoms with Crippen LogP contribution in [-0.2, 0) is 4.79 Å². The third-order valence-corrected chi connectivity index (χ3v) is 3.73. The van der Waals surface area contributed by atoms with Crippen LogP contribution < -0.4 is 5.32 Å². The Morgan fingerprint density at radius 3 is 2.57 bits per heavy atom. The number of carbonyl (C=O) groups is 2. The minimum Gasteiger partial charge on any atom is -0.355 e. The van der Waals surface area contributed by atoms with Crippen LogP contribution in [0.5, 0.6) is 0 Å². The van der Waals surface area contributed by atoms with E-state index in [0.717, 1.165) is 22.9 Å². The lowest BCUT2D eigenvalue weighted by Crippen LogP contribution is -2.41. The Bertz CT molecular complexity index is 503. The third kappa shape index (κ3) is 5.50. The van der Waals surface area contributed by atoms with Gasteiger partial charge in [0, 0.05) is 17.6 Å². The number of hydrogen-bond donors (Lipinski definition) is 1. The van der Waals surface area contributed by atoms with Crippen LogP contribution in [0.3, 0.4) is 0 Å². The van der Waals surface area contributed by atoms with E-state index in [2.05, 4.69) is 21.2 Å². The van der Waals surface area contributed by atoms with E-state index in [0.29, 0.717) is 18.7 Å². The summed E-state index contributed by atoms with van der Waals surface area (Å²) in [6, 6.07) is 5.65. The monoisotopic (exact) mass is 354 g/mol. The summed E-state index contributed by atoms with van der Waals surface area (Å²) in [6.07, 6.45) is 1.70. The average molecular weight is 355 g/mol. The van der Waals surface area contributed by atoms with Crippen molar-refractivity contribution in [3.8, 4) is 0 Å². The number of rotatable bonds is 7. The molecule has 0 unspecified atom stereocenters. The molecule has 0 fully saturated rings. The van der Waals surface area contributed by atoms with Crippen molar-refractivity contribution in [3.63, 3.8) is 0 Å². The van der Waals surface area contributed by atoms with Crippen molar-refractivity contribution in [2.24, 2.45) is 0 Å². The van der Waals surface area contributed by atoms with Crippen molar-refractivity contribution >= 4 is 27.7 Å². The van der Waals surface area contributed by atoms with Crippen LogP contribution in [0.25, 0.3) is 0 Å². The number of nitrogens with zero attached hydrogens (tertiary/aromatic N) is 1. The van der Waals surface area contributed by atoms with Crippen LogP contribution >= 0.6 is 15.9 Å². The highest BCUT2D eigenvalue weighted by molar-refractivity contribution is 9.10. The second-order valence-corrected chi connectivity index (χ2v) is 5.91. The SMILES string of the molecule is CCCNC(=O)CN(CCC)C(=O)c1cc(C)ccc1Br. The van der Waals surface area contributed by atoms with Crippen molar-refractivity contribution in [3.05, 3.63) is 33.8 Å². The van der Waals surface area contributed by atoms with Gasteiger partial charge in [-0.25, -0.2) is 0 Å². The molecule has 1 rings (SSSR count). The first kappa shape index (κ1) is 17.7. The van der Waals surface area contributed by atoms with Crippen LogP contribution in [0.1, 0.15) is 42.6 Å². The van der Waals surface area contributed by atoms with Crippen LogP contribution in [0.2, 0.25) is 0 Å². The molecular weight excluding hydrogens is 332 g/mol. The molecule has 4 nitrogen and oxygen atoms in total. The van der Waals surface area contributed by atoms with Gasteiger partial charge in [0.05, 0.1) is 12.1 Å². The van der Waals surface area contributed by atoms with Gasteiger partial charge in [-0.15, -0.1) is 0 Å². The first-order valence-corrected chi connectivity index (χ1v) is 8.11. The molecule has 0 aliphatic heterocycles. The number of hydrogen-bond acceptors (Lipinski definition) is 2. The van der Waals surface area contributed by atoms with Gasteiger partial charge in [0.1, 0.15) is 0 Å². The third-order valence-electron chi connectivity index (χ3n) is 3.04. The van der Waals surface area contributed by atoms with Crippen LogP contribution in [0.4, 0.5) is 0 Å². The minimum atomic E-state index is -0.112. The summed E-state index contributed by atoms with van der Waals surface area (Å²) in [4.78, 5) is 26.1. The summed E-state index contributed by atoms with van der Waals surface area (Å²) < 4.78 is 0.758. The Balaban J connectivity index is 2.86. The zero-order valence-corrected chi connectivity index (χ0v) is 14.5. The molecule has 116 valence electrons. The van der Waals surface area contributed by atoms with E-state index in [1.165, 1.54) is 0 Å². The highest BCUT2D eigenvalue weighted by Gasteiger charge is 2.20. The fourth-order valence-corrected chi connectivity index (χ4v) is 2.41. The average Bonchev–Trinajstić information content (AvgIpc) is 2.46. The van der Waals surface area contributed by atoms with Gasteiger partial charge >= 0.3 is 0 Å². The van der Waals surface area contributed by atoms with E-state index in [1.807, 2.05) is 39.0 Å². The lowest BCUT2D eigenvalue weighted by atomic mass is 10.1. The lowest BCUT2D eigenvalue weighted by Gasteiger charge is -2.22. The number of nitrogens with one attached hydrogen (secondary N) is 1. The van der Waals surface area contributed by atoms with Crippen LogP contribution in [0.15, 0.2) is 22.7 Å². The van der Waals surface area contributed by atoms with Crippen LogP contribution in [0, 0.1) is 6.92 Å². The molecule has 0 saturated heterocycles. The summed E-state index contributed by atoms with van der Waals surface area (Å²) in [5, 5.41) is 2.81. The number of halogens is 1. The van der Waals surface area contributed by atoms with E-state index in [1.54, 1.807) is 4.90 Å². The topological polar surface area (TPSA) is 49.4 Å². The number of carbonyl (C=O) groups excluding carboxylic acids is 2. The number of aryl methyl sites for hydroxylation is 1. The molecule has 0 aliphatic rings. The molecule has 2 amide bonds. The standard InChI is InChI=1S/C16H23BrN2O2/c1-4-8-18-15(20)11-19(9-5-2)16(21)13-10-12(3)6-7-14(13)17/h6-7,10H,4-5,8-9,11H2,1-3H3,(H,18,20). The molecule has 1 aromatic rings. The Kier molecular flexibility index (Phi) is 7.43. The fraction of sp³-hybridized carbons (Fsp3) is 0.500. The molecule has 0 atom stereocenters. The largest absolute Gasteiger partial charge is 0.355 e. The molecule has 5 heteroatoms. The highest BCUT2D eigenvalue weighted by Crippen LogP contribution is 2.20. The van der Waals surface area contributed by atoms with Crippen molar-refractivity contribution in [1.29, 1.82) is 0 Å². The summed E-state index contributed by atoms with van der Waals surface area (Å²) in [5.74, 6) is -0.221. The second-order valence-electron chi connectivity index (χ2n) is 5.06. The van der Waals surface area contributed by atoms with E-state index in [4.69, 9.17) is 0 Å². The first-order valence-electron chi connectivity index (χ1n) is 7.31. The molecule has 0 aromatic heterocycles. The summed E-state index contributed by atoms with van der Waals surface area (Å²) in [6.45, 7) is 7.25. The minimum absolute atomic E-state index is 0.104. The molecule has 0 heterocycles. The van der Waals surface area contributed by atoms with E-state index in [-0.39, 0.29) is 18.4 Å². The second kappa shape index (κ2) is 8.82. The molecule has 21 heavy (non-hydrogen) atoms. The maximum Gasteiger partial charge on any atom is 0.255 e. The van der Waals surface area contributed by atoms with Gasteiger partial charge in [-0.2, -0.15) is 0 Å². The molecule has 0 aliphatic carbocycles. The fourth-order valence-electron chi connectivity index (χ4n) is 1.99. The molecule has 1 aromatic carbocycles. The van der Waals surface area contributed by atoms with E-state index < -0.39 is 0 Å². The van der Waals surface area contributed by atoms with E-state index in [9.17, 15) is 9.59 Å². The van der Waals surface area contributed by atoms with Gasteiger partial charge in [0.2, 0.25) is 5.91 Å². The Morgan fingerprint density at radius 1 is 1.24 bits per heavy atom. The molecule has 0 spiro atoms. The first-order chi connectivity index (χ1) is 9.99. The van der Waals surface area contributed by atoms with Gasteiger partial charge in [0.15, 0.2) is 0 Å². The Morgan fingerprint density at radius 2 is 1.95 bits per heavy atom. The number of amides is 2. The Hall–Kier alpha value is -1.36.